The van der Waals surface area contributed by atoms with Gasteiger partial charge >= 0.3 is 0 Å². The summed E-state index contributed by atoms with van der Waals surface area (Å²) in [6.07, 6.45) is 2.19. The normalized spacial score (nSPS) is 13.6. The highest BCUT2D eigenvalue weighted by Gasteiger charge is 2.24. The van der Waals surface area contributed by atoms with Crippen molar-refractivity contribution < 1.29 is 14.3 Å². The zero-order chi connectivity index (χ0) is 14.3. The predicted molar refractivity (Wildman–Crippen MR) is 74.1 cm³/mol. The topological polar surface area (TPSA) is 87.6 Å². The van der Waals surface area contributed by atoms with E-state index in [-0.39, 0.29) is 0 Å². The lowest BCUT2D eigenvalue weighted by Crippen LogP contribution is -2.49. The first-order valence-electron chi connectivity index (χ1n) is 6.31. The SMILES string of the molecule is COc1ccc(OCCCCC(C)(N)C(N)=O)cc1. The summed E-state index contributed by atoms with van der Waals surface area (Å²) in [5.74, 6) is 1.13. The first-order valence-corrected chi connectivity index (χ1v) is 6.31. The van der Waals surface area contributed by atoms with E-state index < -0.39 is 11.4 Å². The molecule has 0 aliphatic rings. The molecule has 0 bridgehead atoms. The molecule has 5 heteroatoms. The van der Waals surface area contributed by atoms with Crippen molar-refractivity contribution in [2.24, 2.45) is 11.5 Å². The molecular formula is C14H22N2O3. The van der Waals surface area contributed by atoms with Crippen molar-refractivity contribution in [2.75, 3.05) is 13.7 Å². The average molecular weight is 266 g/mol. The van der Waals surface area contributed by atoms with E-state index in [4.69, 9.17) is 20.9 Å². The molecule has 1 amide bonds. The minimum absolute atomic E-state index is 0.469. The van der Waals surface area contributed by atoms with Crippen LogP contribution in [0.1, 0.15) is 26.2 Å². The predicted octanol–water partition coefficient (Wildman–Crippen LogP) is 1.45. The monoisotopic (exact) mass is 266 g/mol. The molecule has 19 heavy (non-hydrogen) atoms. The molecular weight excluding hydrogens is 244 g/mol. The van der Waals surface area contributed by atoms with Crippen LogP contribution in [0.4, 0.5) is 0 Å². The average Bonchev–Trinajstić information content (AvgIpc) is 2.38. The minimum Gasteiger partial charge on any atom is -0.497 e. The van der Waals surface area contributed by atoms with Gasteiger partial charge in [0, 0.05) is 0 Å². The van der Waals surface area contributed by atoms with Gasteiger partial charge in [0.15, 0.2) is 0 Å². The third-order valence-corrected chi connectivity index (χ3v) is 2.98. The number of hydrogen-bond donors (Lipinski definition) is 2. The van der Waals surface area contributed by atoms with Gasteiger partial charge in [-0.15, -0.1) is 0 Å². The van der Waals surface area contributed by atoms with Crippen LogP contribution in [-0.2, 0) is 4.79 Å². The van der Waals surface area contributed by atoms with E-state index in [0.717, 1.165) is 24.3 Å². The van der Waals surface area contributed by atoms with Crippen molar-refractivity contribution in [2.45, 2.75) is 31.7 Å². The number of rotatable bonds is 8. The van der Waals surface area contributed by atoms with Crippen molar-refractivity contribution in [1.29, 1.82) is 0 Å². The molecule has 5 nitrogen and oxygen atoms in total. The fourth-order valence-corrected chi connectivity index (χ4v) is 1.58. The maximum Gasteiger partial charge on any atom is 0.237 e. The number of unbranched alkanes of at least 4 members (excludes halogenated alkanes) is 1. The van der Waals surface area contributed by atoms with Crippen LogP contribution in [0.15, 0.2) is 24.3 Å². The fourth-order valence-electron chi connectivity index (χ4n) is 1.58. The molecule has 0 fully saturated rings. The van der Waals surface area contributed by atoms with Gasteiger partial charge in [-0.1, -0.05) is 0 Å². The van der Waals surface area contributed by atoms with Crippen molar-refractivity contribution >= 4 is 5.91 Å². The summed E-state index contributed by atoms with van der Waals surface area (Å²) in [4.78, 5) is 11.0. The molecule has 0 aromatic heterocycles. The highest BCUT2D eigenvalue weighted by atomic mass is 16.5. The van der Waals surface area contributed by atoms with Gasteiger partial charge in [-0.3, -0.25) is 4.79 Å². The van der Waals surface area contributed by atoms with E-state index in [1.165, 1.54) is 0 Å². The molecule has 1 unspecified atom stereocenters. The number of ether oxygens (including phenoxy) is 2. The molecule has 0 heterocycles. The first-order chi connectivity index (χ1) is 8.95. The van der Waals surface area contributed by atoms with Crippen LogP contribution >= 0.6 is 0 Å². The van der Waals surface area contributed by atoms with E-state index in [1.807, 2.05) is 24.3 Å². The maximum atomic E-state index is 11.0. The molecule has 4 N–H and O–H groups in total. The highest BCUT2D eigenvalue weighted by Crippen LogP contribution is 2.17. The molecule has 1 rings (SSSR count). The molecule has 0 aliphatic heterocycles. The van der Waals surface area contributed by atoms with E-state index in [1.54, 1.807) is 14.0 Å². The van der Waals surface area contributed by atoms with Gasteiger partial charge in [0.2, 0.25) is 5.91 Å². The van der Waals surface area contributed by atoms with Crippen molar-refractivity contribution in [3.05, 3.63) is 24.3 Å². The van der Waals surface area contributed by atoms with Crippen molar-refractivity contribution in [1.82, 2.24) is 0 Å². The fraction of sp³-hybridized carbons (Fsp3) is 0.500. The second-order valence-electron chi connectivity index (χ2n) is 4.76. The second-order valence-corrected chi connectivity index (χ2v) is 4.76. The number of nitrogens with two attached hydrogens (primary N) is 2. The third-order valence-electron chi connectivity index (χ3n) is 2.98. The number of primary amides is 1. The Morgan fingerprint density at radius 2 is 1.79 bits per heavy atom. The number of amides is 1. The smallest absolute Gasteiger partial charge is 0.237 e. The van der Waals surface area contributed by atoms with Crippen LogP contribution in [0.5, 0.6) is 11.5 Å². The van der Waals surface area contributed by atoms with Gasteiger partial charge in [0.25, 0.3) is 0 Å². The Morgan fingerprint density at radius 3 is 2.32 bits per heavy atom. The molecule has 1 atom stereocenters. The molecule has 0 radical (unpaired) electrons. The van der Waals surface area contributed by atoms with Crippen LogP contribution in [0, 0.1) is 0 Å². The largest absolute Gasteiger partial charge is 0.497 e. The molecule has 106 valence electrons. The number of carbonyl (C=O) groups is 1. The standard InChI is InChI=1S/C14H22N2O3/c1-14(16,13(15)17)9-3-4-10-19-12-7-5-11(18-2)6-8-12/h5-8H,3-4,9-10,16H2,1-2H3,(H2,15,17). The summed E-state index contributed by atoms with van der Waals surface area (Å²) in [5, 5.41) is 0. The van der Waals surface area contributed by atoms with E-state index in [9.17, 15) is 4.79 Å². The van der Waals surface area contributed by atoms with Crippen molar-refractivity contribution in [3.63, 3.8) is 0 Å². The summed E-state index contributed by atoms with van der Waals surface area (Å²) < 4.78 is 10.6. The summed E-state index contributed by atoms with van der Waals surface area (Å²) in [5.41, 5.74) is 10.0. The van der Waals surface area contributed by atoms with Crippen LogP contribution in [0.25, 0.3) is 0 Å². The van der Waals surface area contributed by atoms with Gasteiger partial charge in [0.1, 0.15) is 11.5 Å². The van der Waals surface area contributed by atoms with E-state index in [0.29, 0.717) is 13.0 Å². The Morgan fingerprint density at radius 1 is 1.21 bits per heavy atom. The van der Waals surface area contributed by atoms with Crippen LogP contribution in [0.2, 0.25) is 0 Å². The molecule has 0 saturated heterocycles. The number of benzene rings is 1. The van der Waals surface area contributed by atoms with Gasteiger partial charge in [0.05, 0.1) is 19.3 Å². The van der Waals surface area contributed by atoms with E-state index >= 15 is 0 Å². The first kappa shape index (κ1) is 15.3. The van der Waals surface area contributed by atoms with Gasteiger partial charge in [-0.25, -0.2) is 0 Å². The molecule has 0 spiro atoms. The summed E-state index contributed by atoms with van der Waals surface area (Å²) in [6, 6.07) is 7.41. The number of hydrogen-bond acceptors (Lipinski definition) is 4. The Kier molecular flexibility index (Phi) is 5.63. The zero-order valence-electron chi connectivity index (χ0n) is 11.5. The summed E-state index contributed by atoms with van der Waals surface area (Å²) in [6.45, 7) is 2.24. The molecule has 1 aromatic carbocycles. The highest BCUT2D eigenvalue weighted by molar-refractivity contribution is 5.83. The Hall–Kier alpha value is -1.75. The summed E-state index contributed by atoms with van der Waals surface area (Å²) >= 11 is 0. The summed E-state index contributed by atoms with van der Waals surface area (Å²) in [7, 11) is 1.62. The molecule has 0 saturated carbocycles. The lowest BCUT2D eigenvalue weighted by atomic mass is 9.96. The number of carbonyl (C=O) groups excluding carboxylic acids is 1. The van der Waals surface area contributed by atoms with Gasteiger partial charge in [-0.05, 0) is 50.5 Å². The Labute approximate surface area is 113 Å². The lowest BCUT2D eigenvalue weighted by molar-refractivity contribution is -0.122. The Bertz CT molecular complexity index is 402. The van der Waals surface area contributed by atoms with Gasteiger partial charge < -0.3 is 20.9 Å². The number of methoxy groups -OCH3 is 1. The zero-order valence-corrected chi connectivity index (χ0v) is 11.5. The van der Waals surface area contributed by atoms with Gasteiger partial charge in [-0.2, -0.15) is 0 Å². The lowest BCUT2D eigenvalue weighted by Gasteiger charge is -2.19. The second kappa shape index (κ2) is 6.99. The third kappa shape index (κ3) is 5.18. The van der Waals surface area contributed by atoms with Crippen LogP contribution in [-0.4, -0.2) is 25.2 Å². The molecule has 0 aliphatic carbocycles. The van der Waals surface area contributed by atoms with Crippen molar-refractivity contribution in [3.8, 4) is 11.5 Å². The van der Waals surface area contributed by atoms with Crippen LogP contribution in [0.3, 0.4) is 0 Å². The quantitative estimate of drug-likeness (QED) is 0.697. The van der Waals surface area contributed by atoms with E-state index in [2.05, 4.69) is 0 Å². The maximum absolute atomic E-state index is 11.0. The van der Waals surface area contributed by atoms with Crippen LogP contribution < -0.4 is 20.9 Å². The minimum atomic E-state index is -0.930. The Balaban J connectivity index is 2.22. The molecule has 1 aromatic rings.